The fourth-order valence-corrected chi connectivity index (χ4v) is 4.61. The summed E-state index contributed by atoms with van der Waals surface area (Å²) >= 11 is 1.55. The van der Waals surface area contributed by atoms with Crippen LogP contribution in [0, 0.1) is 27.7 Å². The number of hydrogen-bond donors (Lipinski definition) is 1. The van der Waals surface area contributed by atoms with Crippen LogP contribution >= 0.6 is 11.8 Å². The number of benzene rings is 1. The quantitative estimate of drug-likeness (QED) is 0.720. The van der Waals surface area contributed by atoms with Crippen LogP contribution in [0.2, 0.25) is 0 Å². The molecule has 5 heteroatoms. The molecule has 0 atom stereocenters. The second-order valence-corrected chi connectivity index (χ2v) is 8.32. The van der Waals surface area contributed by atoms with E-state index in [1.54, 1.807) is 11.8 Å². The van der Waals surface area contributed by atoms with Crippen LogP contribution in [-0.4, -0.2) is 21.2 Å². The van der Waals surface area contributed by atoms with E-state index in [9.17, 15) is 4.79 Å². The van der Waals surface area contributed by atoms with Crippen molar-refractivity contribution in [3.63, 3.8) is 0 Å². The van der Waals surface area contributed by atoms with Crippen LogP contribution in [0.4, 0.5) is 5.69 Å². The second-order valence-electron chi connectivity index (χ2n) is 7.38. The van der Waals surface area contributed by atoms with Gasteiger partial charge in [-0.25, -0.2) is 4.98 Å². The lowest BCUT2D eigenvalue weighted by Crippen LogP contribution is -2.17. The molecule has 1 saturated carbocycles. The summed E-state index contributed by atoms with van der Waals surface area (Å²) in [6, 6.07) is 6.66. The minimum absolute atomic E-state index is 0.0252. The Kier molecular flexibility index (Phi) is 6.07. The molecule has 0 bridgehead atoms. The lowest BCUT2D eigenvalue weighted by molar-refractivity contribution is -0.113. The van der Waals surface area contributed by atoms with E-state index in [2.05, 4.69) is 29.8 Å². The van der Waals surface area contributed by atoms with Gasteiger partial charge in [0, 0.05) is 17.4 Å². The van der Waals surface area contributed by atoms with Gasteiger partial charge in [0.2, 0.25) is 5.91 Å². The number of nitrogens with one attached hydrogen (secondary N) is 1. The van der Waals surface area contributed by atoms with Gasteiger partial charge in [0.05, 0.1) is 11.4 Å². The number of nitrogens with zero attached hydrogens (tertiary/aromatic N) is 2. The van der Waals surface area contributed by atoms with Crippen molar-refractivity contribution in [3.8, 4) is 0 Å². The third-order valence-corrected chi connectivity index (χ3v) is 6.25. The highest BCUT2D eigenvalue weighted by atomic mass is 32.2. The first kappa shape index (κ1) is 19.0. The Bertz CT molecular complexity index is 791. The molecule has 1 fully saturated rings. The highest BCUT2D eigenvalue weighted by Crippen LogP contribution is 2.34. The summed E-state index contributed by atoms with van der Waals surface area (Å²) < 4.78 is 2.38. The van der Waals surface area contributed by atoms with E-state index in [0.29, 0.717) is 11.8 Å². The lowest BCUT2D eigenvalue weighted by Gasteiger charge is -2.26. The number of anilines is 1. The molecule has 1 aliphatic rings. The molecule has 0 radical (unpaired) electrons. The normalized spacial score (nSPS) is 15.2. The van der Waals surface area contributed by atoms with Crippen LogP contribution in [0.3, 0.4) is 0 Å². The summed E-state index contributed by atoms with van der Waals surface area (Å²) in [6.07, 6.45) is 6.36. The van der Waals surface area contributed by atoms with E-state index in [4.69, 9.17) is 4.98 Å². The van der Waals surface area contributed by atoms with Crippen molar-refractivity contribution in [2.45, 2.75) is 71.0 Å². The summed E-state index contributed by atoms with van der Waals surface area (Å²) in [4.78, 5) is 17.2. The molecule has 3 rings (SSSR count). The first-order valence-corrected chi connectivity index (χ1v) is 10.5. The van der Waals surface area contributed by atoms with Crippen molar-refractivity contribution in [2.24, 2.45) is 0 Å². The van der Waals surface area contributed by atoms with Gasteiger partial charge in [0.25, 0.3) is 0 Å². The van der Waals surface area contributed by atoms with E-state index < -0.39 is 0 Å². The number of aromatic nitrogens is 2. The molecule has 0 aliphatic heterocycles. The topological polar surface area (TPSA) is 46.9 Å². The molecular formula is C21H29N3OS. The van der Waals surface area contributed by atoms with E-state index in [1.807, 2.05) is 26.0 Å². The SMILES string of the molecule is Cc1ccc(C)c(NC(=O)CSc2nc(C)c(C)n2C2CCCCC2)c1. The largest absolute Gasteiger partial charge is 0.325 e. The van der Waals surface area contributed by atoms with Gasteiger partial charge in [-0.1, -0.05) is 43.2 Å². The van der Waals surface area contributed by atoms with Gasteiger partial charge in [-0.3, -0.25) is 4.79 Å². The maximum Gasteiger partial charge on any atom is 0.234 e. The molecule has 0 unspecified atom stereocenters. The Morgan fingerprint density at radius 3 is 2.65 bits per heavy atom. The zero-order valence-electron chi connectivity index (χ0n) is 16.3. The molecule has 1 heterocycles. The van der Waals surface area contributed by atoms with Crippen LogP contribution in [0.15, 0.2) is 23.4 Å². The van der Waals surface area contributed by atoms with E-state index in [1.165, 1.54) is 37.8 Å². The van der Waals surface area contributed by atoms with Crippen LogP contribution in [-0.2, 0) is 4.79 Å². The molecule has 1 aromatic carbocycles. The van der Waals surface area contributed by atoms with Gasteiger partial charge in [-0.15, -0.1) is 0 Å². The van der Waals surface area contributed by atoms with Gasteiger partial charge in [0.1, 0.15) is 0 Å². The number of aryl methyl sites for hydroxylation is 3. The summed E-state index contributed by atoms with van der Waals surface area (Å²) in [5, 5.41) is 4.03. The molecule has 0 saturated heterocycles. The molecule has 1 amide bonds. The number of imidazole rings is 1. The fourth-order valence-electron chi connectivity index (χ4n) is 3.65. The van der Waals surface area contributed by atoms with Crippen molar-refractivity contribution in [3.05, 3.63) is 40.7 Å². The number of amides is 1. The minimum Gasteiger partial charge on any atom is -0.325 e. The minimum atomic E-state index is 0.0252. The lowest BCUT2D eigenvalue weighted by atomic mass is 9.95. The average Bonchev–Trinajstić information content (AvgIpc) is 2.91. The summed E-state index contributed by atoms with van der Waals surface area (Å²) in [6.45, 7) is 8.27. The van der Waals surface area contributed by atoms with Crippen LogP contribution in [0.1, 0.15) is 60.7 Å². The predicted octanol–water partition coefficient (Wildman–Crippen LogP) is 5.35. The van der Waals surface area contributed by atoms with E-state index in [-0.39, 0.29) is 5.91 Å². The molecule has 4 nitrogen and oxygen atoms in total. The fraction of sp³-hybridized carbons (Fsp3) is 0.524. The van der Waals surface area contributed by atoms with Crippen LogP contribution < -0.4 is 5.32 Å². The number of rotatable bonds is 5. The van der Waals surface area contributed by atoms with Gasteiger partial charge in [-0.05, 0) is 57.7 Å². The third-order valence-electron chi connectivity index (χ3n) is 5.29. The predicted molar refractivity (Wildman–Crippen MR) is 109 cm³/mol. The number of carbonyl (C=O) groups excluding carboxylic acids is 1. The molecule has 140 valence electrons. The molecular weight excluding hydrogens is 342 g/mol. The van der Waals surface area contributed by atoms with Crippen LogP contribution in [0.25, 0.3) is 0 Å². The number of carbonyl (C=O) groups is 1. The van der Waals surface area contributed by atoms with Crippen molar-refractivity contribution in [2.75, 3.05) is 11.1 Å². The Labute approximate surface area is 160 Å². The molecule has 2 aromatic rings. The summed E-state index contributed by atoms with van der Waals surface area (Å²) in [5.41, 5.74) is 5.46. The van der Waals surface area contributed by atoms with Crippen molar-refractivity contribution in [1.82, 2.24) is 9.55 Å². The van der Waals surface area contributed by atoms with Gasteiger partial charge >= 0.3 is 0 Å². The zero-order chi connectivity index (χ0) is 18.7. The summed E-state index contributed by atoms with van der Waals surface area (Å²) in [5.74, 6) is 0.410. The van der Waals surface area contributed by atoms with Crippen molar-refractivity contribution >= 4 is 23.4 Å². The smallest absolute Gasteiger partial charge is 0.234 e. The highest BCUT2D eigenvalue weighted by molar-refractivity contribution is 7.99. The standard InChI is InChI=1S/C21H29N3OS/c1-14-10-11-15(2)19(12-14)23-20(25)13-26-21-22-16(3)17(4)24(21)18-8-6-5-7-9-18/h10-12,18H,5-9,13H2,1-4H3,(H,23,25). The van der Waals surface area contributed by atoms with E-state index >= 15 is 0 Å². The Morgan fingerprint density at radius 1 is 1.19 bits per heavy atom. The summed E-state index contributed by atoms with van der Waals surface area (Å²) in [7, 11) is 0. The van der Waals surface area contributed by atoms with Gasteiger partial charge < -0.3 is 9.88 Å². The third kappa shape index (κ3) is 4.32. The van der Waals surface area contributed by atoms with Crippen molar-refractivity contribution < 1.29 is 4.79 Å². The maximum atomic E-state index is 12.5. The molecule has 26 heavy (non-hydrogen) atoms. The zero-order valence-corrected chi connectivity index (χ0v) is 17.1. The van der Waals surface area contributed by atoms with Gasteiger partial charge in [-0.2, -0.15) is 0 Å². The maximum absolute atomic E-state index is 12.5. The average molecular weight is 372 g/mol. The first-order chi connectivity index (χ1) is 12.5. The molecule has 1 aromatic heterocycles. The van der Waals surface area contributed by atoms with E-state index in [0.717, 1.165) is 27.7 Å². The molecule has 0 spiro atoms. The monoisotopic (exact) mass is 371 g/mol. The highest BCUT2D eigenvalue weighted by Gasteiger charge is 2.22. The first-order valence-electron chi connectivity index (χ1n) is 9.51. The molecule has 1 aliphatic carbocycles. The second kappa shape index (κ2) is 8.30. The Morgan fingerprint density at radius 2 is 1.92 bits per heavy atom. The van der Waals surface area contributed by atoms with Crippen LogP contribution in [0.5, 0.6) is 0 Å². The number of hydrogen-bond acceptors (Lipinski definition) is 3. The van der Waals surface area contributed by atoms with Gasteiger partial charge in [0.15, 0.2) is 5.16 Å². The molecule has 1 N–H and O–H groups in total. The number of thioether (sulfide) groups is 1. The Balaban J connectivity index is 1.68. The van der Waals surface area contributed by atoms with Crippen molar-refractivity contribution in [1.29, 1.82) is 0 Å². The Hall–Kier alpha value is -1.75.